The van der Waals surface area contributed by atoms with Gasteiger partial charge in [0.15, 0.2) is 4.77 Å². The normalized spacial score (nSPS) is 10.9. The Balaban J connectivity index is 2.12. The number of imidazole rings is 1. The lowest BCUT2D eigenvalue weighted by molar-refractivity contribution is 0.419. The molecular formula is C15H13ClN2OS. The molecule has 0 saturated heterocycles. The van der Waals surface area contributed by atoms with Crippen LogP contribution in [0.3, 0.4) is 0 Å². The van der Waals surface area contributed by atoms with Crippen LogP contribution in [0, 0.1) is 4.77 Å². The summed E-state index contributed by atoms with van der Waals surface area (Å²) < 4.78 is 8.06. The lowest BCUT2D eigenvalue weighted by atomic mass is 10.2. The molecule has 3 rings (SSSR count). The van der Waals surface area contributed by atoms with Gasteiger partial charge in [-0.1, -0.05) is 29.8 Å². The highest BCUT2D eigenvalue weighted by Crippen LogP contribution is 2.25. The summed E-state index contributed by atoms with van der Waals surface area (Å²) in [5, 5.41) is 0.728. The smallest absolute Gasteiger partial charge is 0.178 e. The third-order valence-electron chi connectivity index (χ3n) is 3.22. The number of H-pyrrole nitrogens is 1. The summed E-state index contributed by atoms with van der Waals surface area (Å²) in [6.07, 6.45) is 0. The number of hydrogen-bond donors (Lipinski definition) is 1. The van der Waals surface area contributed by atoms with Crippen LogP contribution in [0.5, 0.6) is 5.75 Å². The number of aromatic nitrogens is 2. The monoisotopic (exact) mass is 304 g/mol. The van der Waals surface area contributed by atoms with Gasteiger partial charge in [0, 0.05) is 5.02 Å². The first-order valence-electron chi connectivity index (χ1n) is 6.19. The first-order chi connectivity index (χ1) is 9.69. The zero-order valence-electron chi connectivity index (χ0n) is 10.9. The number of nitrogens with one attached hydrogen (secondary N) is 1. The fourth-order valence-electron chi connectivity index (χ4n) is 2.30. The lowest BCUT2D eigenvalue weighted by Gasteiger charge is -2.06. The van der Waals surface area contributed by atoms with Gasteiger partial charge in [0.05, 0.1) is 19.2 Å². The highest BCUT2D eigenvalue weighted by Gasteiger charge is 2.09. The number of methoxy groups -OCH3 is 1. The molecule has 3 aromatic rings. The van der Waals surface area contributed by atoms with Crippen molar-refractivity contribution in [1.29, 1.82) is 0 Å². The van der Waals surface area contributed by atoms with Crippen LogP contribution in [-0.4, -0.2) is 16.7 Å². The molecule has 0 fully saturated rings. The molecular weight excluding hydrogens is 292 g/mol. The highest BCUT2D eigenvalue weighted by atomic mass is 35.5. The second-order valence-corrected chi connectivity index (χ2v) is 5.32. The number of halogens is 1. The summed E-state index contributed by atoms with van der Waals surface area (Å²) >= 11 is 11.4. The van der Waals surface area contributed by atoms with Crippen LogP contribution in [-0.2, 0) is 6.54 Å². The second-order valence-electron chi connectivity index (χ2n) is 4.50. The molecule has 2 aromatic carbocycles. The molecule has 1 N–H and O–H groups in total. The van der Waals surface area contributed by atoms with Crippen molar-refractivity contribution in [3.05, 3.63) is 57.8 Å². The molecule has 5 heteroatoms. The van der Waals surface area contributed by atoms with Gasteiger partial charge in [-0.15, -0.1) is 0 Å². The van der Waals surface area contributed by atoms with E-state index in [2.05, 4.69) is 4.98 Å². The van der Waals surface area contributed by atoms with Gasteiger partial charge >= 0.3 is 0 Å². The predicted molar refractivity (Wildman–Crippen MR) is 84.2 cm³/mol. The summed E-state index contributed by atoms with van der Waals surface area (Å²) in [5.41, 5.74) is 3.05. The van der Waals surface area contributed by atoms with Crippen LogP contribution in [0.1, 0.15) is 5.56 Å². The lowest BCUT2D eigenvalue weighted by Crippen LogP contribution is -1.99. The Morgan fingerprint density at radius 2 is 2.05 bits per heavy atom. The molecule has 0 amide bonds. The zero-order valence-corrected chi connectivity index (χ0v) is 12.5. The number of para-hydroxylation sites is 1. The summed E-state index contributed by atoms with van der Waals surface area (Å²) in [4.78, 5) is 3.20. The van der Waals surface area contributed by atoms with Crippen LogP contribution in [0.25, 0.3) is 11.0 Å². The third-order valence-corrected chi connectivity index (χ3v) is 3.78. The fourth-order valence-corrected chi connectivity index (χ4v) is 2.78. The van der Waals surface area contributed by atoms with Gasteiger partial charge < -0.3 is 14.3 Å². The SMILES string of the molecule is COc1cccc2c1[nH]c(=S)n2Cc1cccc(Cl)c1. The standard InChI is InChI=1S/C15H13ClN2OS/c1-19-13-7-3-6-12-14(13)17-15(20)18(12)9-10-4-2-5-11(16)8-10/h2-8H,9H2,1H3,(H,17,20). The van der Waals surface area contributed by atoms with Crippen LogP contribution in [0.4, 0.5) is 0 Å². The van der Waals surface area contributed by atoms with E-state index in [0.29, 0.717) is 11.3 Å². The van der Waals surface area contributed by atoms with Crippen molar-refractivity contribution >= 4 is 34.9 Å². The van der Waals surface area contributed by atoms with Crippen LogP contribution in [0.15, 0.2) is 42.5 Å². The van der Waals surface area contributed by atoms with E-state index in [4.69, 9.17) is 28.6 Å². The predicted octanol–water partition coefficient (Wildman–Crippen LogP) is 4.41. The van der Waals surface area contributed by atoms with Gasteiger partial charge in [0.25, 0.3) is 0 Å². The Morgan fingerprint density at radius 1 is 1.25 bits per heavy atom. The molecule has 102 valence electrons. The maximum absolute atomic E-state index is 6.03. The molecule has 1 aromatic heterocycles. The van der Waals surface area contributed by atoms with E-state index in [0.717, 1.165) is 27.4 Å². The van der Waals surface area contributed by atoms with Crippen molar-refractivity contribution < 1.29 is 4.74 Å². The van der Waals surface area contributed by atoms with Crippen molar-refractivity contribution in [2.75, 3.05) is 7.11 Å². The molecule has 0 bridgehead atoms. The molecule has 0 aliphatic rings. The summed E-state index contributed by atoms with van der Waals surface area (Å²) in [5.74, 6) is 0.790. The van der Waals surface area contributed by atoms with Gasteiger partial charge in [-0.05, 0) is 42.0 Å². The van der Waals surface area contributed by atoms with Gasteiger partial charge in [0.2, 0.25) is 0 Å². The Kier molecular flexibility index (Phi) is 3.51. The van der Waals surface area contributed by atoms with Crippen molar-refractivity contribution in [2.45, 2.75) is 6.54 Å². The van der Waals surface area contributed by atoms with E-state index in [1.54, 1.807) is 7.11 Å². The molecule has 0 radical (unpaired) electrons. The van der Waals surface area contributed by atoms with Crippen LogP contribution >= 0.6 is 23.8 Å². The van der Waals surface area contributed by atoms with Crippen molar-refractivity contribution in [3.8, 4) is 5.75 Å². The minimum atomic E-state index is 0.671. The fraction of sp³-hybridized carbons (Fsp3) is 0.133. The van der Waals surface area contributed by atoms with E-state index in [1.807, 2.05) is 47.0 Å². The maximum Gasteiger partial charge on any atom is 0.178 e. The van der Waals surface area contributed by atoms with Crippen molar-refractivity contribution in [2.24, 2.45) is 0 Å². The minimum Gasteiger partial charge on any atom is -0.494 e. The molecule has 0 saturated carbocycles. The number of hydrogen-bond acceptors (Lipinski definition) is 2. The third kappa shape index (κ3) is 2.32. The van der Waals surface area contributed by atoms with E-state index in [-0.39, 0.29) is 0 Å². The number of nitrogens with zero attached hydrogens (tertiary/aromatic N) is 1. The number of benzene rings is 2. The maximum atomic E-state index is 6.03. The number of ether oxygens (including phenoxy) is 1. The Hall–Kier alpha value is -1.78. The second kappa shape index (κ2) is 5.31. The molecule has 0 spiro atoms. The first kappa shape index (κ1) is 13.2. The molecule has 0 atom stereocenters. The van der Waals surface area contributed by atoms with E-state index < -0.39 is 0 Å². The van der Waals surface area contributed by atoms with Gasteiger partial charge in [-0.2, -0.15) is 0 Å². The van der Waals surface area contributed by atoms with Crippen molar-refractivity contribution in [1.82, 2.24) is 9.55 Å². The molecule has 20 heavy (non-hydrogen) atoms. The highest BCUT2D eigenvalue weighted by molar-refractivity contribution is 7.71. The number of fused-ring (bicyclic) bond motifs is 1. The van der Waals surface area contributed by atoms with Gasteiger partial charge in [-0.3, -0.25) is 0 Å². The minimum absolute atomic E-state index is 0.671. The average molecular weight is 305 g/mol. The van der Waals surface area contributed by atoms with Crippen LogP contribution < -0.4 is 4.74 Å². The largest absolute Gasteiger partial charge is 0.494 e. The van der Waals surface area contributed by atoms with Gasteiger partial charge in [-0.25, -0.2) is 0 Å². The van der Waals surface area contributed by atoms with Crippen LogP contribution in [0.2, 0.25) is 5.02 Å². The Labute approximate surface area is 126 Å². The summed E-state index contributed by atoms with van der Waals surface area (Å²) in [6.45, 7) is 0.673. The quantitative estimate of drug-likeness (QED) is 0.726. The molecule has 1 heterocycles. The number of aromatic amines is 1. The summed E-state index contributed by atoms with van der Waals surface area (Å²) in [6, 6.07) is 13.7. The zero-order chi connectivity index (χ0) is 14.1. The van der Waals surface area contributed by atoms with Crippen molar-refractivity contribution in [3.63, 3.8) is 0 Å². The molecule has 0 unspecified atom stereocenters. The van der Waals surface area contributed by atoms with E-state index >= 15 is 0 Å². The molecule has 3 nitrogen and oxygen atoms in total. The van der Waals surface area contributed by atoms with E-state index in [1.165, 1.54) is 0 Å². The first-order valence-corrected chi connectivity index (χ1v) is 6.97. The number of rotatable bonds is 3. The Morgan fingerprint density at radius 3 is 2.80 bits per heavy atom. The Bertz CT molecular complexity index is 822. The van der Waals surface area contributed by atoms with E-state index in [9.17, 15) is 0 Å². The average Bonchev–Trinajstić information content (AvgIpc) is 2.75. The molecule has 0 aliphatic heterocycles. The van der Waals surface area contributed by atoms with Gasteiger partial charge in [0.1, 0.15) is 11.3 Å². The summed E-state index contributed by atoms with van der Waals surface area (Å²) in [7, 11) is 1.65. The molecule has 0 aliphatic carbocycles. The topological polar surface area (TPSA) is 29.9 Å².